The molecule has 1 aliphatic rings. The van der Waals surface area contributed by atoms with Crippen molar-refractivity contribution in [2.45, 2.75) is 58.6 Å². The zero-order chi connectivity index (χ0) is 15.5. The Kier molecular flexibility index (Phi) is 5.28. The molecular weight excluding hydrogens is 262 g/mol. The normalized spacial score (nSPS) is 21.3. The summed E-state index contributed by atoms with van der Waals surface area (Å²) in [5.41, 5.74) is 1.76. The zero-order valence-electron chi connectivity index (χ0n) is 13.8. The highest BCUT2D eigenvalue weighted by Crippen LogP contribution is 2.34. The molecule has 3 nitrogen and oxygen atoms in total. The van der Waals surface area contributed by atoms with Gasteiger partial charge in [-0.2, -0.15) is 0 Å². The van der Waals surface area contributed by atoms with Gasteiger partial charge in [0.25, 0.3) is 0 Å². The van der Waals surface area contributed by atoms with Crippen LogP contribution >= 0.6 is 0 Å². The van der Waals surface area contributed by atoms with Crippen molar-refractivity contribution >= 4 is 0 Å². The Labute approximate surface area is 128 Å². The van der Waals surface area contributed by atoms with E-state index >= 15 is 0 Å². The van der Waals surface area contributed by atoms with Gasteiger partial charge < -0.3 is 15.2 Å². The standard InChI is InChI=1S/C18H29NO2/c1-13(2)11-18(4,20)12-19-16-9-6-10-21-17-14(3)7-5-8-15(16)17/h5,7-8,13,16,19-20H,6,9-12H2,1-4H3. The van der Waals surface area contributed by atoms with Gasteiger partial charge in [0.2, 0.25) is 0 Å². The van der Waals surface area contributed by atoms with Crippen LogP contribution in [0.1, 0.15) is 57.2 Å². The van der Waals surface area contributed by atoms with E-state index in [1.54, 1.807) is 0 Å². The average molecular weight is 291 g/mol. The lowest BCUT2D eigenvalue weighted by atomic mass is 9.93. The van der Waals surface area contributed by atoms with Crippen molar-refractivity contribution in [1.29, 1.82) is 0 Å². The van der Waals surface area contributed by atoms with Crippen LogP contribution in [-0.2, 0) is 0 Å². The molecule has 0 spiro atoms. The topological polar surface area (TPSA) is 41.5 Å². The van der Waals surface area contributed by atoms with Crippen molar-refractivity contribution in [3.63, 3.8) is 0 Å². The van der Waals surface area contributed by atoms with Crippen LogP contribution < -0.4 is 10.1 Å². The fraction of sp³-hybridized carbons (Fsp3) is 0.667. The second-order valence-corrected chi connectivity index (χ2v) is 7.01. The van der Waals surface area contributed by atoms with Gasteiger partial charge >= 0.3 is 0 Å². The fourth-order valence-corrected chi connectivity index (χ4v) is 3.27. The summed E-state index contributed by atoms with van der Waals surface area (Å²) in [4.78, 5) is 0. The number of rotatable bonds is 5. The van der Waals surface area contributed by atoms with E-state index in [9.17, 15) is 5.11 Å². The number of hydrogen-bond acceptors (Lipinski definition) is 3. The number of aryl methyl sites for hydroxylation is 1. The maximum atomic E-state index is 10.5. The van der Waals surface area contributed by atoms with Crippen molar-refractivity contribution < 1.29 is 9.84 Å². The Morgan fingerprint density at radius 2 is 2.19 bits per heavy atom. The lowest BCUT2D eigenvalue weighted by molar-refractivity contribution is 0.0356. The predicted octanol–water partition coefficient (Wildman–Crippen LogP) is 3.60. The van der Waals surface area contributed by atoms with E-state index in [2.05, 4.69) is 44.3 Å². The Morgan fingerprint density at radius 1 is 1.43 bits per heavy atom. The SMILES string of the molecule is Cc1cccc2c1OCCCC2NCC(C)(O)CC(C)C. The van der Waals surface area contributed by atoms with Crippen LogP contribution in [-0.4, -0.2) is 23.9 Å². The molecule has 1 aromatic rings. The number of ether oxygens (including phenoxy) is 1. The molecule has 2 N–H and O–H groups in total. The Balaban J connectivity index is 2.09. The van der Waals surface area contributed by atoms with Crippen LogP contribution in [0.25, 0.3) is 0 Å². The quantitative estimate of drug-likeness (QED) is 0.871. The summed E-state index contributed by atoms with van der Waals surface area (Å²) in [6.45, 7) is 9.70. The molecule has 0 amide bonds. The fourth-order valence-electron chi connectivity index (χ4n) is 3.27. The number of benzene rings is 1. The van der Waals surface area contributed by atoms with Crippen LogP contribution in [0.15, 0.2) is 18.2 Å². The van der Waals surface area contributed by atoms with E-state index in [-0.39, 0.29) is 6.04 Å². The molecule has 0 aliphatic carbocycles. The first-order valence-electron chi connectivity index (χ1n) is 8.07. The van der Waals surface area contributed by atoms with Gasteiger partial charge in [-0.15, -0.1) is 0 Å². The summed E-state index contributed by atoms with van der Waals surface area (Å²) in [6.07, 6.45) is 2.90. The van der Waals surface area contributed by atoms with Crippen molar-refractivity contribution in [2.75, 3.05) is 13.2 Å². The number of para-hydroxylation sites is 1. The number of hydrogen-bond donors (Lipinski definition) is 2. The van der Waals surface area contributed by atoms with Gasteiger partial charge in [0.05, 0.1) is 12.2 Å². The van der Waals surface area contributed by atoms with E-state index < -0.39 is 5.60 Å². The van der Waals surface area contributed by atoms with Gasteiger partial charge in [0.1, 0.15) is 5.75 Å². The van der Waals surface area contributed by atoms with E-state index in [1.807, 2.05) is 6.92 Å². The van der Waals surface area contributed by atoms with Gasteiger partial charge in [0.15, 0.2) is 0 Å². The minimum absolute atomic E-state index is 0.265. The first-order valence-corrected chi connectivity index (χ1v) is 8.07. The molecule has 2 atom stereocenters. The monoisotopic (exact) mass is 291 g/mol. The van der Waals surface area contributed by atoms with Crippen molar-refractivity contribution in [1.82, 2.24) is 5.32 Å². The highest BCUT2D eigenvalue weighted by Gasteiger charge is 2.26. The molecule has 118 valence electrons. The molecule has 1 aliphatic heterocycles. The van der Waals surface area contributed by atoms with Crippen LogP contribution in [0, 0.1) is 12.8 Å². The molecule has 0 fully saturated rings. The first kappa shape index (κ1) is 16.3. The second-order valence-electron chi connectivity index (χ2n) is 7.01. The van der Waals surface area contributed by atoms with E-state index in [0.29, 0.717) is 12.5 Å². The van der Waals surface area contributed by atoms with Gasteiger partial charge in [-0.25, -0.2) is 0 Å². The molecule has 0 radical (unpaired) electrons. The smallest absolute Gasteiger partial charge is 0.126 e. The van der Waals surface area contributed by atoms with E-state index in [4.69, 9.17) is 4.74 Å². The van der Waals surface area contributed by atoms with Gasteiger partial charge in [-0.05, 0) is 44.6 Å². The maximum absolute atomic E-state index is 10.5. The molecule has 0 bridgehead atoms. The van der Waals surface area contributed by atoms with Crippen LogP contribution in [0.4, 0.5) is 0 Å². The highest BCUT2D eigenvalue weighted by molar-refractivity contribution is 5.43. The second kappa shape index (κ2) is 6.80. The zero-order valence-corrected chi connectivity index (χ0v) is 13.8. The highest BCUT2D eigenvalue weighted by atomic mass is 16.5. The van der Waals surface area contributed by atoms with Crippen LogP contribution in [0.5, 0.6) is 5.75 Å². The lowest BCUT2D eigenvalue weighted by Gasteiger charge is -2.29. The summed E-state index contributed by atoms with van der Waals surface area (Å²) < 4.78 is 5.90. The van der Waals surface area contributed by atoms with Gasteiger partial charge in [-0.3, -0.25) is 0 Å². The molecule has 1 heterocycles. The average Bonchev–Trinajstić information content (AvgIpc) is 2.58. The Hall–Kier alpha value is -1.06. The molecular formula is C18H29NO2. The molecule has 0 aromatic heterocycles. The Morgan fingerprint density at radius 3 is 2.90 bits per heavy atom. The summed E-state index contributed by atoms with van der Waals surface area (Å²) in [5.74, 6) is 1.52. The van der Waals surface area contributed by atoms with E-state index in [1.165, 1.54) is 11.1 Å². The molecule has 21 heavy (non-hydrogen) atoms. The minimum atomic E-state index is -0.661. The maximum Gasteiger partial charge on any atom is 0.126 e. The number of fused-ring (bicyclic) bond motifs is 1. The largest absolute Gasteiger partial charge is 0.493 e. The molecule has 0 saturated carbocycles. The first-order chi connectivity index (χ1) is 9.89. The van der Waals surface area contributed by atoms with Gasteiger partial charge in [0, 0.05) is 18.2 Å². The van der Waals surface area contributed by atoms with Crippen molar-refractivity contribution in [3.8, 4) is 5.75 Å². The van der Waals surface area contributed by atoms with Crippen LogP contribution in [0.2, 0.25) is 0 Å². The summed E-state index contributed by atoms with van der Waals surface area (Å²) in [7, 11) is 0. The summed E-state index contributed by atoms with van der Waals surface area (Å²) in [6, 6.07) is 6.59. The van der Waals surface area contributed by atoms with Crippen LogP contribution in [0.3, 0.4) is 0 Å². The predicted molar refractivity (Wildman–Crippen MR) is 86.7 cm³/mol. The van der Waals surface area contributed by atoms with Crippen molar-refractivity contribution in [2.24, 2.45) is 5.92 Å². The minimum Gasteiger partial charge on any atom is -0.493 e. The van der Waals surface area contributed by atoms with Crippen molar-refractivity contribution in [3.05, 3.63) is 29.3 Å². The summed E-state index contributed by atoms with van der Waals surface area (Å²) >= 11 is 0. The molecule has 1 aromatic carbocycles. The Bertz CT molecular complexity index is 468. The summed E-state index contributed by atoms with van der Waals surface area (Å²) in [5, 5.41) is 14.1. The third-order valence-corrected chi connectivity index (χ3v) is 4.08. The molecule has 0 saturated heterocycles. The van der Waals surface area contributed by atoms with E-state index in [0.717, 1.165) is 31.6 Å². The third-order valence-electron chi connectivity index (χ3n) is 4.08. The van der Waals surface area contributed by atoms with Gasteiger partial charge in [-0.1, -0.05) is 32.0 Å². The number of aliphatic hydroxyl groups is 1. The molecule has 3 heteroatoms. The molecule has 2 unspecified atom stereocenters. The molecule has 2 rings (SSSR count). The number of nitrogens with one attached hydrogen (secondary N) is 1. The third kappa shape index (κ3) is 4.45. The lowest BCUT2D eigenvalue weighted by Crippen LogP contribution is -2.40.